The van der Waals surface area contributed by atoms with Crippen molar-refractivity contribution in [1.82, 2.24) is 5.32 Å². The summed E-state index contributed by atoms with van der Waals surface area (Å²) in [5.74, 6) is 0. The molecule has 3 heteroatoms. The largest absolute Gasteiger partial charge is 0.362 e. The third-order valence-corrected chi connectivity index (χ3v) is 4.54. The van der Waals surface area contributed by atoms with E-state index in [1.165, 1.54) is 12.0 Å². The molecule has 1 aliphatic heterocycles. The van der Waals surface area contributed by atoms with Crippen molar-refractivity contribution < 1.29 is 0 Å². The molecule has 0 spiro atoms. The van der Waals surface area contributed by atoms with Gasteiger partial charge in [-0.05, 0) is 31.7 Å². The summed E-state index contributed by atoms with van der Waals surface area (Å²) in [6, 6.07) is 11.2. The summed E-state index contributed by atoms with van der Waals surface area (Å²) in [7, 11) is 0. The molecule has 2 atom stereocenters. The average Bonchev–Trinajstić information content (AvgIpc) is 2.85. The van der Waals surface area contributed by atoms with E-state index in [1.54, 1.807) is 0 Å². The molecule has 2 nitrogen and oxygen atoms in total. The molecule has 0 aromatic heterocycles. The third-order valence-electron chi connectivity index (χ3n) is 3.25. The Morgan fingerprint density at radius 3 is 2.83 bits per heavy atom. The molecule has 1 aromatic carbocycles. The minimum absolute atomic E-state index is 0.493. The van der Waals surface area contributed by atoms with Gasteiger partial charge in [0.25, 0.3) is 0 Å². The number of aryl methyl sites for hydroxylation is 1. The standard InChI is InChI=1S/C15H22N2S/c1-3-14-11-16-15(18-14)17-12(2)9-10-13-7-5-4-6-8-13/h4-8,12,14H,3,9-11H2,1-2H3,(H,16,17). The van der Waals surface area contributed by atoms with E-state index in [1.807, 2.05) is 11.8 Å². The van der Waals surface area contributed by atoms with Gasteiger partial charge in [0.1, 0.15) is 0 Å². The number of aliphatic imine (C=N–C) groups is 1. The van der Waals surface area contributed by atoms with E-state index in [4.69, 9.17) is 0 Å². The fraction of sp³-hybridized carbons (Fsp3) is 0.533. The minimum atomic E-state index is 0.493. The molecule has 18 heavy (non-hydrogen) atoms. The van der Waals surface area contributed by atoms with E-state index in [0.717, 1.165) is 24.6 Å². The van der Waals surface area contributed by atoms with E-state index >= 15 is 0 Å². The van der Waals surface area contributed by atoms with Gasteiger partial charge in [-0.15, -0.1) is 0 Å². The van der Waals surface area contributed by atoms with Crippen LogP contribution in [0.15, 0.2) is 35.3 Å². The molecular weight excluding hydrogens is 240 g/mol. The molecular formula is C15H22N2S. The molecule has 0 fully saturated rings. The first kappa shape index (κ1) is 13.5. The summed E-state index contributed by atoms with van der Waals surface area (Å²) in [6.07, 6.45) is 3.49. The van der Waals surface area contributed by atoms with E-state index in [0.29, 0.717) is 11.3 Å². The molecule has 98 valence electrons. The number of nitrogens with zero attached hydrogens (tertiary/aromatic N) is 1. The minimum Gasteiger partial charge on any atom is -0.362 e. The molecule has 2 rings (SSSR count). The van der Waals surface area contributed by atoms with Crippen LogP contribution >= 0.6 is 11.8 Å². The highest BCUT2D eigenvalue weighted by Gasteiger charge is 2.18. The lowest BCUT2D eigenvalue weighted by atomic mass is 10.1. The Balaban J connectivity index is 1.71. The molecule has 0 saturated heterocycles. The van der Waals surface area contributed by atoms with E-state index in [9.17, 15) is 0 Å². The first-order chi connectivity index (χ1) is 8.78. The predicted molar refractivity (Wildman–Crippen MR) is 81.3 cm³/mol. The van der Waals surface area contributed by atoms with Gasteiger partial charge in [-0.2, -0.15) is 0 Å². The van der Waals surface area contributed by atoms with Gasteiger partial charge in [-0.3, -0.25) is 4.99 Å². The van der Waals surface area contributed by atoms with Crippen LogP contribution in [0, 0.1) is 0 Å². The van der Waals surface area contributed by atoms with Crippen LogP contribution in [0.25, 0.3) is 0 Å². The number of thioether (sulfide) groups is 1. The Bertz CT molecular complexity index is 389. The highest BCUT2D eigenvalue weighted by Crippen LogP contribution is 2.22. The van der Waals surface area contributed by atoms with Gasteiger partial charge >= 0.3 is 0 Å². The molecule has 0 saturated carbocycles. The summed E-state index contributed by atoms with van der Waals surface area (Å²) in [6.45, 7) is 5.45. The Labute approximate surface area is 114 Å². The van der Waals surface area contributed by atoms with Gasteiger partial charge in [0.05, 0.1) is 6.54 Å². The zero-order valence-electron chi connectivity index (χ0n) is 11.2. The van der Waals surface area contributed by atoms with Crippen LogP contribution in [-0.4, -0.2) is 23.0 Å². The Hall–Kier alpha value is -0.960. The van der Waals surface area contributed by atoms with Crippen molar-refractivity contribution in [2.45, 2.75) is 44.4 Å². The quantitative estimate of drug-likeness (QED) is 0.878. The molecule has 0 bridgehead atoms. The summed E-state index contributed by atoms with van der Waals surface area (Å²) in [5, 5.41) is 5.36. The summed E-state index contributed by atoms with van der Waals surface area (Å²) < 4.78 is 0. The van der Waals surface area contributed by atoms with Crippen LogP contribution in [0.1, 0.15) is 32.3 Å². The number of hydrogen-bond acceptors (Lipinski definition) is 3. The smallest absolute Gasteiger partial charge is 0.157 e. The lowest BCUT2D eigenvalue weighted by Crippen LogP contribution is -2.30. The number of hydrogen-bond donors (Lipinski definition) is 1. The van der Waals surface area contributed by atoms with Gasteiger partial charge in [-0.1, -0.05) is 49.0 Å². The topological polar surface area (TPSA) is 24.4 Å². The van der Waals surface area contributed by atoms with Crippen molar-refractivity contribution in [2.24, 2.45) is 4.99 Å². The molecule has 1 aliphatic rings. The predicted octanol–water partition coefficient (Wildman–Crippen LogP) is 3.48. The highest BCUT2D eigenvalue weighted by atomic mass is 32.2. The Morgan fingerprint density at radius 1 is 1.39 bits per heavy atom. The zero-order valence-corrected chi connectivity index (χ0v) is 12.0. The maximum Gasteiger partial charge on any atom is 0.157 e. The van der Waals surface area contributed by atoms with Gasteiger partial charge in [-0.25, -0.2) is 0 Å². The van der Waals surface area contributed by atoms with Gasteiger partial charge in [0.15, 0.2) is 5.17 Å². The van der Waals surface area contributed by atoms with Crippen LogP contribution in [0.2, 0.25) is 0 Å². The average molecular weight is 262 g/mol. The van der Waals surface area contributed by atoms with Crippen molar-refractivity contribution in [2.75, 3.05) is 6.54 Å². The van der Waals surface area contributed by atoms with E-state index < -0.39 is 0 Å². The van der Waals surface area contributed by atoms with E-state index in [-0.39, 0.29) is 0 Å². The first-order valence-corrected chi connectivity index (χ1v) is 7.67. The fourth-order valence-corrected chi connectivity index (χ4v) is 3.07. The van der Waals surface area contributed by atoms with Crippen molar-refractivity contribution in [3.63, 3.8) is 0 Å². The molecule has 1 N–H and O–H groups in total. The normalized spacial score (nSPS) is 20.6. The van der Waals surface area contributed by atoms with Crippen LogP contribution in [0.3, 0.4) is 0 Å². The van der Waals surface area contributed by atoms with Gasteiger partial charge < -0.3 is 5.32 Å². The SMILES string of the molecule is CCC1CN=C(NC(C)CCc2ccccc2)S1. The maximum absolute atomic E-state index is 4.55. The van der Waals surface area contributed by atoms with Gasteiger partial charge in [0.2, 0.25) is 0 Å². The fourth-order valence-electron chi connectivity index (χ4n) is 2.02. The molecule has 1 aromatic rings. The number of benzene rings is 1. The Morgan fingerprint density at radius 2 is 2.17 bits per heavy atom. The van der Waals surface area contributed by atoms with Crippen molar-refractivity contribution in [1.29, 1.82) is 0 Å². The second-order valence-electron chi connectivity index (χ2n) is 4.86. The van der Waals surface area contributed by atoms with Crippen LogP contribution in [-0.2, 0) is 6.42 Å². The molecule has 0 aliphatic carbocycles. The van der Waals surface area contributed by atoms with Crippen molar-refractivity contribution in [3.05, 3.63) is 35.9 Å². The van der Waals surface area contributed by atoms with Gasteiger partial charge in [0, 0.05) is 11.3 Å². The third kappa shape index (κ3) is 4.05. The second-order valence-corrected chi connectivity index (χ2v) is 6.15. The second kappa shape index (κ2) is 6.83. The number of nitrogens with one attached hydrogen (secondary N) is 1. The lowest BCUT2D eigenvalue weighted by Gasteiger charge is -2.15. The molecule has 0 amide bonds. The van der Waals surface area contributed by atoms with Crippen LogP contribution in [0.4, 0.5) is 0 Å². The Kier molecular flexibility index (Phi) is 5.12. The summed E-state index contributed by atoms with van der Waals surface area (Å²) >= 11 is 1.90. The van der Waals surface area contributed by atoms with Crippen molar-refractivity contribution in [3.8, 4) is 0 Å². The van der Waals surface area contributed by atoms with Crippen LogP contribution < -0.4 is 5.32 Å². The van der Waals surface area contributed by atoms with Crippen molar-refractivity contribution >= 4 is 16.9 Å². The van der Waals surface area contributed by atoms with E-state index in [2.05, 4.69) is 54.5 Å². The monoisotopic (exact) mass is 262 g/mol. The first-order valence-electron chi connectivity index (χ1n) is 6.79. The molecule has 2 unspecified atom stereocenters. The summed E-state index contributed by atoms with van der Waals surface area (Å²) in [5.41, 5.74) is 1.42. The summed E-state index contributed by atoms with van der Waals surface area (Å²) in [4.78, 5) is 4.55. The maximum atomic E-state index is 4.55. The molecule has 1 heterocycles. The highest BCUT2D eigenvalue weighted by molar-refractivity contribution is 8.14. The lowest BCUT2D eigenvalue weighted by molar-refractivity contribution is 0.610. The number of amidine groups is 1. The number of rotatable bonds is 5. The zero-order chi connectivity index (χ0) is 12.8. The molecule has 0 radical (unpaired) electrons. The van der Waals surface area contributed by atoms with Crippen LogP contribution in [0.5, 0.6) is 0 Å².